The van der Waals surface area contributed by atoms with Crippen LogP contribution in [0.4, 0.5) is 0 Å². The third-order valence-corrected chi connectivity index (χ3v) is 8.62. The van der Waals surface area contributed by atoms with Gasteiger partial charge < -0.3 is 9.47 Å². The number of allylic oxidation sites excluding steroid dienone is 2. The van der Waals surface area contributed by atoms with Crippen molar-refractivity contribution in [2.24, 2.45) is 17.3 Å². The molecular weight excluding hydrogens is 416 g/mol. The molecule has 3 aromatic rings. The summed E-state index contributed by atoms with van der Waals surface area (Å²) in [5, 5.41) is 0. The van der Waals surface area contributed by atoms with Crippen LogP contribution in [0.1, 0.15) is 54.9 Å². The molecule has 3 aliphatic carbocycles. The Bertz CT molecular complexity index is 1170. The van der Waals surface area contributed by atoms with Gasteiger partial charge in [0.15, 0.2) is 0 Å². The van der Waals surface area contributed by atoms with E-state index in [0.717, 1.165) is 31.1 Å². The molecule has 6 rings (SSSR count). The second-order valence-electron chi connectivity index (χ2n) is 10.6. The van der Waals surface area contributed by atoms with Crippen molar-refractivity contribution in [3.8, 4) is 5.75 Å². The lowest BCUT2D eigenvalue weighted by Gasteiger charge is -2.46. The largest absolute Gasteiger partial charge is 0.489 e. The summed E-state index contributed by atoms with van der Waals surface area (Å²) < 4.78 is 12.7. The van der Waals surface area contributed by atoms with E-state index in [1.165, 1.54) is 41.5 Å². The number of fused-ring (bicyclic) bond motifs is 5. The van der Waals surface area contributed by atoms with E-state index >= 15 is 0 Å². The molecule has 3 aliphatic rings. The fraction of sp³-hybridized carbons (Fsp3) is 0.375. The zero-order valence-corrected chi connectivity index (χ0v) is 20.1. The minimum atomic E-state index is 0.249. The second kappa shape index (κ2) is 9.07. The maximum absolute atomic E-state index is 6.54. The van der Waals surface area contributed by atoms with E-state index in [9.17, 15) is 0 Å². The first-order valence-corrected chi connectivity index (χ1v) is 12.9. The van der Waals surface area contributed by atoms with Crippen LogP contribution in [0.15, 0.2) is 84.9 Å². The number of rotatable bonds is 6. The van der Waals surface area contributed by atoms with Crippen molar-refractivity contribution in [3.63, 3.8) is 0 Å². The summed E-state index contributed by atoms with van der Waals surface area (Å²) in [6.07, 6.45) is 8.87. The number of hydrogen-bond donors (Lipinski definition) is 0. The van der Waals surface area contributed by atoms with Crippen molar-refractivity contribution in [3.05, 3.63) is 107 Å². The standard InChI is InChI=1S/C32H34O2/c1-32-19-18-28-27-15-13-26(33-21-23-8-4-2-5-9-23)20-25(27)12-14-29(28)30(32)16-17-31(32)34-22-24-10-6-3-7-11-24/h2-11,13,15,18,20,29-31H,12,14,16-17,19,21-22H2,1H3/t29-,30+,31?,32+/m1/s1. The zero-order valence-electron chi connectivity index (χ0n) is 20.1. The molecule has 2 nitrogen and oxygen atoms in total. The van der Waals surface area contributed by atoms with Crippen LogP contribution >= 0.6 is 0 Å². The van der Waals surface area contributed by atoms with Gasteiger partial charge >= 0.3 is 0 Å². The van der Waals surface area contributed by atoms with Crippen molar-refractivity contribution in [2.75, 3.05) is 0 Å². The van der Waals surface area contributed by atoms with E-state index in [2.05, 4.69) is 85.8 Å². The molecule has 0 spiro atoms. The van der Waals surface area contributed by atoms with Gasteiger partial charge in [-0.3, -0.25) is 0 Å². The summed E-state index contributed by atoms with van der Waals surface area (Å²) in [5.41, 5.74) is 7.23. The monoisotopic (exact) mass is 450 g/mol. The molecule has 0 bridgehead atoms. The lowest BCUT2D eigenvalue weighted by atomic mass is 9.60. The molecule has 0 saturated heterocycles. The van der Waals surface area contributed by atoms with Crippen molar-refractivity contribution in [1.82, 2.24) is 0 Å². The summed E-state index contributed by atoms with van der Waals surface area (Å²) in [7, 11) is 0. The van der Waals surface area contributed by atoms with E-state index in [0.29, 0.717) is 18.6 Å². The normalized spacial score (nSPS) is 27.3. The van der Waals surface area contributed by atoms with Crippen LogP contribution < -0.4 is 4.74 Å². The predicted octanol–water partition coefficient (Wildman–Crippen LogP) is 7.62. The summed E-state index contributed by atoms with van der Waals surface area (Å²) in [4.78, 5) is 0. The van der Waals surface area contributed by atoms with Crippen LogP contribution in [-0.2, 0) is 24.4 Å². The van der Waals surface area contributed by atoms with Crippen molar-refractivity contribution in [2.45, 2.75) is 58.3 Å². The average Bonchev–Trinajstić information content (AvgIpc) is 3.23. The molecular formula is C32H34O2. The van der Waals surface area contributed by atoms with Gasteiger partial charge in [-0.1, -0.05) is 79.7 Å². The third kappa shape index (κ3) is 3.99. The number of benzene rings is 3. The molecule has 0 aliphatic heterocycles. The van der Waals surface area contributed by atoms with Crippen LogP contribution in [0.25, 0.3) is 5.57 Å². The molecule has 0 amide bonds. The molecule has 0 radical (unpaired) electrons. The zero-order chi connectivity index (χ0) is 23.0. The first-order chi connectivity index (χ1) is 16.7. The van der Waals surface area contributed by atoms with Crippen LogP contribution in [-0.4, -0.2) is 6.10 Å². The number of hydrogen-bond acceptors (Lipinski definition) is 2. The Kier molecular flexibility index (Phi) is 5.79. The van der Waals surface area contributed by atoms with E-state index in [1.54, 1.807) is 5.57 Å². The molecule has 0 N–H and O–H groups in total. The smallest absolute Gasteiger partial charge is 0.120 e. The van der Waals surface area contributed by atoms with Gasteiger partial charge in [-0.25, -0.2) is 0 Å². The van der Waals surface area contributed by atoms with Gasteiger partial charge in [0.1, 0.15) is 12.4 Å². The summed E-state index contributed by atoms with van der Waals surface area (Å²) in [6, 6.07) is 27.8. The highest BCUT2D eigenvalue weighted by atomic mass is 16.5. The molecule has 1 fully saturated rings. The Morgan fingerprint density at radius 1 is 0.824 bits per heavy atom. The van der Waals surface area contributed by atoms with Gasteiger partial charge in [-0.05, 0) is 83.9 Å². The Morgan fingerprint density at radius 3 is 2.32 bits per heavy atom. The Balaban J connectivity index is 1.17. The van der Waals surface area contributed by atoms with E-state index in [4.69, 9.17) is 9.47 Å². The van der Waals surface area contributed by atoms with Gasteiger partial charge in [-0.15, -0.1) is 0 Å². The van der Waals surface area contributed by atoms with Gasteiger partial charge in [0.25, 0.3) is 0 Å². The molecule has 4 atom stereocenters. The molecule has 174 valence electrons. The van der Waals surface area contributed by atoms with Crippen LogP contribution in [0.5, 0.6) is 5.75 Å². The molecule has 34 heavy (non-hydrogen) atoms. The highest BCUT2D eigenvalue weighted by molar-refractivity contribution is 5.73. The first kappa shape index (κ1) is 21.7. The van der Waals surface area contributed by atoms with Gasteiger partial charge in [0.2, 0.25) is 0 Å². The molecule has 1 unspecified atom stereocenters. The Hall–Kier alpha value is -2.84. The summed E-state index contributed by atoms with van der Waals surface area (Å²) >= 11 is 0. The van der Waals surface area contributed by atoms with Crippen LogP contribution in [0.2, 0.25) is 0 Å². The quantitative estimate of drug-likeness (QED) is 0.385. The SMILES string of the molecule is C[C@]12CC=C3c4ccc(OCc5ccccc5)cc4CC[C@H]3[C@@H]1CCC2OCc1ccccc1. The highest BCUT2D eigenvalue weighted by Crippen LogP contribution is 2.59. The molecule has 1 saturated carbocycles. The van der Waals surface area contributed by atoms with Gasteiger partial charge in [-0.2, -0.15) is 0 Å². The maximum atomic E-state index is 6.54. The van der Waals surface area contributed by atoms with E-state index in [-0.39, 0.29) is 5.41 Å². The molecule has 2 heteroatoms. The molecule has 3 aromatic carbocycles. The maximum Gasteiger partial charge on any atom is 0.120 e. The topological polar surface area (TPSA) is 18.5 Å². The van der Waals surface area contributed by atoms with Crippen molar-refractivity contribution in [1.29, 1.82) is 0 Å². The van der Waals surface area contributed by atoms with E-state index < -0.39 is 0 Å². The number of aryl methyl sites for hydroxylation is 1. The fourth-order valence-corrected chi connectivity index (χ4v) is 6.78. The van der Waals surface area contributed by atoms with Crippen LogP contribution in [0, 0.1) is 17.3 Å². The minimum Gasteiger partial charge on any atom is -0.489 e. The summed E-state index contributed by atoms with van der Waals surface area (Å²) in [5.74, 6) is 2.36. The average molecular weight is 451 g/mol. The van der Waals surface area contributed by atoms with Crippen LogP contribution in [0.3, 0.4) is 0 Å². The highest BCUT2D eigenvalue weighted by Gasteiger charge is 2.52. The first-order valence-electron chi connectivity index (χ1n) is 12.9. The third-order valence-electron chi connectivity index (χ3n) is 8.62. The van der Waals surface area contributed by atoms with Crippen molar-refractivity contribution >= 4 is 5.57 Å². The lowest BCUT2D eigenvalue weighted by molar-refractivity contribution is -0.0447. The second-order valence-corrected chi connectivity index (χ2v) is 10.6. The minimum absolute atomic E-state index is 0.249. The lowest BCUT2D eigenvalue weighted by Crippen LogP contribution is -2.41. The van der Waals surface area contributed by atoms with E-state index in [1.807, 2.05) is 6.07 Å². The molecule has 0 heterocycles. The number of ether oxygens (including phenoxy) is 2. The van der Waals surface area contributed by atoms with Gasteiger partial charge in [0, 0.05) is 5.41 Å². The Labute approximate surface area is 203 Å². The summed E-state index contributed by atoms with van der Waals surface area (Å²) in [6.45, 7) is 3.84. The molecule has 0 aromatic heterocycles. The fourth-order valence-electron chi connectivity index (χ4n) is 6.78. The Morgan fingerprint density at radius 2 is 1.56 bits per heavy atom. The van der Waals surface area contributed by atoms with Crippen molar-refractivity contribution < 1.29 is 9.47 Å². The predicted molar refractivity (Wildman–Crippen MR) is 137 cm³/mol. The van der Waals surface area contributed by atoms with Gasteiger partial charge in [0.05, 0.1) is 12.7 Å².